The van der Waals surface area contributed by atoms with Gasteiger partial charge in [0.2, 0.25) is 5.91 Å². The van der Waals surface area contributed by atoms with Crippen molar-refractivity contribution >= 4 is 17.5 Å². The third kappa shape index (κ3) is 2.63. The number of aromatic amines is 1. The van der Waals surface area contributed by atoms with Crippen LogP contribution in [-0.2, 0) is 13.0 Å². The lowest BCUT2D eigenvalue weighted by molar-refractivity contribution is 0.0997. The number of nitrogens with two attached hydrogens (primary N) is 1. The topological polar surface area (TPSA) is 113 Å². The Morgan fingerprint density at radius 1 is 1.24 bits per heavy atom. The van der Waals surface area contributed by atoms with Crippen molar-refractivity contribution in [3.63, 3.8) is 0 Å². The van der Waals surface area contributed by atoms with Crippen molar-refractivity contribution in [3.05, 3.63) is 46.8 Å². The van der Waals surface area contributed by atoms with Crippen molar-refractivity contribution in [3.8, 4) is 0 Å². The maximum atomic E-state index is 12.3. The Kier molecular flexibility index (Phi) is 3.41. The second kappa shape index (κ2) is 5.37. The molecule has 0 radical (unpaired) electrons. The molecule has 2 aromatic rings. The summed E-state index contributed by atoms with van der Waals surface area (Å²) in [5, 5.41) is 13.0. The van der Waals surface area contributed by atoms with Gasteiger partial charge in [-0.25, -0.2) is 0 Å². The predicted molar refractivity (Wildman–Crippen MR) is 76.9 cm³/mol. The zero-order valence-corrected chi connectivity index (χ0v) is 11.3. The minimum Gasteiger partial charge on any atom is -0.366 e. The van der Waals surface area contributed by atoms with Gasteiger partial charge in [0.15, 0.2) is 5.69 Å². The predicted octanol–water partition coefficient (Wildman–Crippen LogP) is 0.407. The summed E-state index contributed by atoms with van der Waals surface area (Å²) in [5.74, 6) is -0.775. The van der Waals surface area contributed by atoms with Crippen molar-refractivity contribution in [2.75, 3.05) is 11.9 Å². The van der Waals surface area contributed by atoms with Crippen molar-refractivity contribution in [2.24, 2.45) is 5.73 Å². The smallest absolute Gasteiger partial charge is 0.276 e. The number of primary amides is 1. The summed E-state index contributed by atoms with van der Waals surface area (Å²) in [6.45, 7) is 1.51. The largest absolute Gasteiger partial charge is 0.366 e. The molecule has 0 saturated heterocycles. The van der Waals surface area contributed by atoms with E-state index in [0.717, 1.165) is 24.2 Å². The molecule has 21 heavy (non-hydrogen) atoms. The van der Waals surface area contributed by atoms with E-state index in [9.17, 15) is 9.59 Å². The molecule has 0 bridgehead atoms. The number of nitrogens with one attached hydrogen (secondary N) is 3. The number of H-pyrrole nitrogens is 1. The molecular weight excluding hydrogens is 270 g/mol. The van der Waals surface area contributed by atoms with E-state index in [1.807, 2.05) is 0 Å². The summed E-state index contributed by atoms with van der Waals surface area (Å²) in [6, 6.07) is 6.41. The normalized spacial score (nSPS) is 13.5. The molecule has 0 spiro atoms. The Balaban J connectivity index is 1.77. The van der Waals surface area contributed by atoms with Crippen LogP contribution in [0.3, 0.4) is 0 Å². The Hall–Kier alpha value is -2.67. The van der Waals surface area contributed by atoms with Gasteiger partial charge in [0.25, 0.3) is 5.91 Å². The van der Waals surface area contributed by atoms with Crippen LogP contribution >= 0.6 is 0 Å². The molecule has 0 atom stereocenters. The fourth-order valence-electron chi connectivity index (χ4n) is 2.32. The Morgan fingerprint density at radius 2 is 2.00 bits per heavy atom. The van der Waals surface area contributed by atoms with Crippen LogP contribution in [0.4, 0.5) is 5.69 Å². The number of hydrogen-bond acceptors (Lipinski definition) is 4. The van der Waals surface area contributed by atoms with Crippen molar-refractivity contribution < 1.29 is 9.59 Å². The molecule has 0 aliphatic carbocycles. The van der Waals surface area contributed by atoms with Crippen LogP contribution in [0, 0.1) is 0 Å². The molecule has 0 fully saturated rings. The first-order valence-corrected chi connectivity index (χ1v) is 6.63. The number of carbonyl (C=O) groups is 2. The summed E-state index contributed by atoms with van der Waals surface area (Å²) in [7, 11) is 0. The van der Waals surface area contributed by atoms with Crippen molar-refractivity contribution in [2.45, 2.75) is 13.0 Å². The highest BCUT2D eigenvalue weighted by molar-refractivity contribution is 6.04. The molecule has 5 N–H and O–H groups in total. The second-order valence-electron chi connectivity index (χ2n) is 4.85. The van der Waals surface area contributed by atoms with E-state index in [1.165, 1.54) is 0 Å². The lowest BCUT2D eigenvalue weighted by Crippen LogP contribution is -2.25. The lowest BCUT2D eigenvalue weighted by Gasteiger charge is -2.12. The number of aromatic nitrogens is 2. The van der Waals surface area contributed by atoms with Crippen molar-refractivity contribution in [1.29, 1.82) is 0 Å². The zero-order valence-electron chi connectivity index (χ0n) is 11.3. The number of nitrogens with zero attached hydrogens (tertiary/aromatic N) is 1. The maximum Gasteiger partial charge on any atom is 0.276 e. The van der Waals surface area contributed by atoms with Gasteiger partial charge in [-0.05, 0) is 24.3 Å². The highest BCUT2D eigenvalue weighted by atomic mass is 16.2. The molecule has 2 heterocycles. The maximum absolute atomic E-state index is 12.3. The fraction of sp³-hybridized carbons (Fsp3) is 0.214. The van der Waals surface area contributed by atoms with Gasteiger partial charge in [-0.1, -0.05) is 0 Å². The summed E-state index contributed by atoms with van der Waals surface area (Å²) < 4.78 is 0. The number of hydrogen-bond donors (Lipinski definition) is 4. The molecule has 2 amide bonds. The fourth-order valence-corrected chi connectivity index (χ4v) is 2.32. The number of amides is 2. The molecule has 1 aromatic carbocycles. The first-order chi connectivity index (χ1) is 10.1. The Morgan fingerprint density at radius 3 is 2.71 bits per heavy atom. The quantitative estimate of drug-likeness (QED) is 0.654. The Labute approximate surface area is 120 Å². The van der Waals surface area contributed by atoms with Gasteiger partial charge in [-0.15, -0.1) is 0 Å². The van der Waals surface area contributed by atoms with E-state index >= 15 is 0 Å². The Bertz CT molecular complexity index is 690. The summed E-state index contributed by atoms with van der Waals surface area (Å²) in [4.78, 5) is 23.2. The van der Waals surface area contributed by atoms with Crippen LogP contribution in [0.25, 0.3) is 0 Å². The van der Waals surface area contributed by atoms with Crippen LogP contribution in [0.15, 0.2) is 24.3 Å². The average Bonchev–Trinajstić information content (AvgIpc) is 2.92. The van der Waals surface area contributed by atoms with Crippen LogP contribution < -0.4 is 16.4 Å². The average molecular weight is 285 g/mol. The van der Waals surface area contributed by atoms with Gasteiger partial charge in [0.05, 0.1) is 0 Å². The van der Waals surface area contributed by atoms with Gasteiger partial charge < -0.3 is 16.4 Å². The first kappa shape index (κ1) is 13.3. The molecule has 1 aliphatic rings. The SMILES string of the molecule is NC(=O)c1ccc(NC(=O)c2n[nH]c3c2CNCC3)cc1. The summed E-state index contributed by atoms with van der Waals surface area (Å²) in [5.41, 5.74) is 8.47. The minimum absolute atomic E-state index is 0.275. The van der Waals surface area contributed by atoms with Gasteiger partial charge in [-0.2, -0.15) is 5.10 Å². The van der Waals surface area contributed by atoms with E-state index in [1.54, 1.807) is 24.3 Å². The molecular formula is C14H15N5O2. The highest BCUT2D eigenvalue weighted by Gasteiger charge is 2.21. The minimum atomic E-state index is -0.500. The van der Waals surface area contributed by atoms with Crippen LogP contribution in [0.2, 0.25) is 0 Å². The number of rotatable bonds is 3. The zero-order chi connectivity index (χ0) is 14.8. The van der Waals surface area contributed by atoms with E-state index in [2.05, 4.69) is 20.8 Å². The molecule has 108 valence electrons. The van der Waals surface area contributed by atoms with Crippen LogP contribution in [-0.4, -0.2) is 28.6 Å². The molecule has 7 nitrogen and oxygen atoms in total. The van der Waals surface area contributed by atoms with Crippen molar-refractivity contribution in [1.82, 2.24) is 15.5 Å². The number of anilines is 1. The lowest BCUT2D eigenvalue weighted by atomic mass is 10.1. The third-order valence-electron chi connectivity index (χ3n) is 3.45. The molecule has 1 aromatic heterocycles. The van der Waals surface area contributed by atoms with Gasteiger partial charge in [0.1, 0.15) is 0 Å². The molecule has 0 unspecified atom stereocenters. The molecule has 1 aliphatic heterocycles. The van der Waals surface area contributed by atoms with E-state index < -0.39 is 5.91 Å². The van der Waals surface area contributed by atoms with Crippen LogP contribution in [0.1, 0.15) is 32.1 Å². The third-order valence-corrected chi connectivity index (χ3v) is 3.45. The standard InChI is InChI=1S/C14H15N5O2/c15-13(20)8-1-3-9(4-2-8)17-14(21)12-10-7-16-6-5-11(10)18-19-12/h1-4,16H,5-7H2,(H2,15,20)(H,17,21)(H,18,19). The molecule has 3 rings (SSSR count). The van der Waals surface area contributed by atoms with Gasteiger partial charge in [-0.3, -0.25) is 14.7 Å². The van der Waals surface area contributed by atoms with Gasteiger partial charge in [0, 0.05) is 42.0 Å². The van der Waals surface area contributed by atoms with E-state index in [0.29, 0.717) is 23.5 Å². The first-order valence-electron chi connectivity index (χ1n) is 6.63. The van der Waals surface area contributed by atoms with Crippen LogP contribution in [0.5, 0.6) is 0 Å². The highest BCUT2D eigenvalue weighted by Crippen LogP contribution is 2.17. The van der Waals surface area contributed by atoms with E-state index in [-0.39, 0.29) is 5.91 Å². The monoisotopic (exact) mass is 285 g/mol. The number of carbonyl (C=O) groups excluding carboxylic acids is 2. The molecule has 0 saturated carbocycles. The van der Waals surface area contributed by atoms with E-state index in [4.69, 9.17) is 5.73 Å². The number of fused-ring (bicyclic) bond motifs is 1. The molecule has 7 heteroatoms. The van der Waals surface area contributed by atoms with Gasteiger partial charge >= 0.3 is 0 Å². The number of benzene rings is 1. The second-order valence-corrected chi connectivity index (χ2v) is 4.85. The summed E-state index contributed by atoms with van der Waals surface area (Å²) in [6.07, 6.45) is 0.836. The summed E-state index contributed by atoms with van der Waals surface area (Å²) >= 11 is 0.